The van der Waals surface area contributed by atoms with Crippen LogP contribution in [0.4, 0.5) is 13.2 Å². The molecular weight excluding hydrogens is 375 g/mol. The van der Waals surface area contributed by atoms with E-state index in [1.54, 1.807) is 17.7 Å². The number of alkyl halides is 3. The highest BCUT2D eigenvalue weighted by atomic mass is 19.4. The first-order valence-electron chi connectivity index (χ1n) is 8.99. The molecule has 28 heavy (non-hydrogen) atoms. The van der Waals surface area contributed by atoms with E-state index >= 15 is 0 Å². The molecule has 0 spiro atoms. The van der Waals surface area contributed by atoms with Crippen molar-refractivity contribution >= 4 is 5.91 Å². The Balaban J connectivity index is 1.76. The predicted molar refractivity (Wildman–Crippen MR) is 94.6 cm³/mol. The van der Waals surface area contributed by atoms with E-state index < -0.39 is 24.2 Å². The standard InChI is InChI=1S/C18H22F3N5O2/c1-12-15(24-25-26(12)14-7-9-22-10-8-14)16(27)23-11-17(28,18(19,20)21)13-5-3-2-4-6-13/h2-6,14,22,28H,7-11H2,1H3,(H,23,27). The normalized spacial score (nSPS) is 17.9. The molecule has 1 aliphatic heterocycles. The Morgan fingerprint density at radius 1 is 1.29 bits per heavy atom. The van der Waals surface area contributed by atoms with Gasteiger partial charge in [-0.2, -0.15) is 13.2 Å². The maximum atomic E-state index is 13.5. The highest BCUT2D eigenvalue weighted by molar-refractivity contribution is 5.93. The Hall–Kier alpha value is -2.46. The van der Waals surface area contributed by atoms with Crippen molar-refractivity contribution in [2.45, 2.75) is 37.6 Å². The molecule has 0 bridgehead atoms. The lowest BCUT2D eigenvalue weighted by molar-refractivity contribution is -0.263. The summed E-state index contributed by atoms with van der Waals surface area (Å²) in [6, 6.07) is 6.75. The van der Waals surface area contributed by atoms with Crippen molar-refractivity contribution in [3.8, 4) is 0 Å². The molecule has 1 aromatic heterocycles. The van der Waals surface area contributed by atoms with E-state index in [1.165, 1.54) is 12.1 Å². The SMILES string of the molecule is Cc1c(C(=O)NCC(O)(c2ccccc2)C(F)(F)F)nnn1C1CCNCC1. The van der Waals surface area contributed by atoms with Crippen LogP contribution in [-0.2, 0) is 5.60 Å². The molecule has 0 aliphatic carbocycles. The van der Waals surface area contributed by atoms with Gasteiger partial charge in [0, 0.05) is 0 Å². The average Bonchev–Trinajstić information content (AvgIpc) is 3.07. The molecule has 1 aliphatic rings. The molecule has 1 aromatic carbocycles. The summed E-state index contributed by atoms with van der Waals surface area (Å²) >= 11 is 0. The monoisotopic (exact) mass is 397 g/mol. The van der Waals surface area contributed by atoms with Gasteiger partial charge in [-0.15, -0.1) is 5.10 Å². The van der Waals surface area contributed by atoms with Crippen molar-refractivity contribution in [2.24, 2.45) is 0 Å². The summed E-state index contributed by atoms with van der Waals surface area (Å²) in [5, 5.41) is 23.5. The van der Waals surface area contributed by atoms with E-state index in [0.29, 0.717) is 5.69 Å². The number of nitrogens with one attached hydrogen (secondary N) is 2. The van der Waals surface area contributed by atoms with Crippen LogP contribution in [-0.4, -0.2) is 51.8 Å². The molecule has 10 heteroatoms. The maximum absolute atomic E-state index is 13.5. The molecule has 1 fully saturated rings. The average molecular weight is 397 g/mol. The number of amides is 1. The molecule has 152 valence electrons. The van der Waals surface area contributed by atoms with Crippen LogP contribution in [0, 0.1) is 6.92 Å². The van der Waals surface area contributed by atoms with Crippen LogP contribution in [0.3, 0.4) is 0 Å². The summed E-state index contributed by atoms with van der Waals surface area (Å²) in [6.07, 6.45) is -3.32. The summed E-state index contributed by atoms with van der Waals surface area (Å²) in [6.45, 7) is 2.27. The van der Waals surface area contributed by atoms with E-state index in [0.717, 1.165) is 38.1 Å². The smallest absolute Gasteiger partial charge is 0.375 e. The number of rotatable bonds is 5. The molecule has 0 radical (unpaired) electrons. The van der Waals surface area contributed by atoms with Crippen LogP contribution in [0.1, 0.15) is 40.6 Å². The van der Waals surface area contributed by atoms with Gasteiger partial charge in [0.25, 0.3) is 5.91 Å². The van der Waals surface area contributed by atoms with Crippen LogP contribution in [0.25, 0.3) is 0 Å². The highest BCUT2D eigenvalue weighted by Gasteiger charge is 2.55. The molecule has 3 rings (SSSR count). The van der Waals surface area contributed by atoms with Crippen molar-refractivity contribution in [3.05, 3.63) is 47.3 Å². The maximum Gasteiger partial charge on any atom is 0.423 e. The number of nitrogens with zero attached hydrogens (tertiary/aromatic N) is 3. The first kappa shape index (κ1) is 20.3. The Morgan fingerprint density at radius 3 is 2.54 bits per heavy atom. The number of piperidine rings is 1. The fourth-order valence-corrected chi connectivity index (χ4v) is 3.32. The number of carbonyl (C=O) groups is 1. The minimum absolute atomic E-state index is 0.0453. The van der Waals surface area contributed by atoms with Crippen molar-refractivity contribution in [3.63, 3.8) is 0 Å². The van der Waals surface area contributed by atoms with Gasteiger partial charge in [-0.25, -0.2) is 4.68 Å². The number of hydrogen-bond acceptors (Lipinski definition) is 5. The number of halogens is 3. The third kappa shape index (κ3) is 3.88. The van der Waals surface area contributed by atoms with Gasteiger partial charge >= 0.3 is 6.18 Å². The quantitative estimate of drug-likeness (QED) is 0.714. The Labute approximate surface area is 159 Å². The van der Waals surface area contributed by atoms with Crippen molar-refractivity contribution < 1.29 is 23.1 Å². The Kier molecular flexibility index (Phi) is 5.71. The lowest BCUT2D eigenvalue weighted by Gasteiger charge is -2.31. The van der Waals surface area contributed by atoms with Gasteiger partial charge < -0.3 is 15.7 Å². The second-order valence-electron chi connectivity index (χ2n) is 6.86. The minimum atomic E-state index is -4.97. The zero-order valence-corrected chi connectivity index (χ0v) is 15.3. The van der Waals surface area contributed by atoms with Crippen molar-refractivity contribution in [2.75, 3.05) is 19.6 Å². The largest absolute Gasteiger partial charge is 0.423 e. The Morgan fingerprint density at radius 2 is 1.93 bits per heavy atom. The lowest BCUT2D eigenvalue weighted by atomic mass is 9.93. The topological polar surface area (TPSA) is 92.1 Å². The van der Waals surface area contributed by atoms with E-state index in [1.807, 2.05) is 0 Å². The molecule has 0 saturated carbocycles. The van der Waals surface area contributed by atoms with E-state index in [4.69, 9.17) is 0 Å². The highest BCUT2D eigenvalue weighted by Crippen LogP contribution is 2.38. The van der Waals surface area contributed by atoms with Gasteiger partial charge in [0.05, 0.1) is 18.3 Å². The summed E-state index contributed by atoms with van der Waals surface area (Å²) in [4.78, 5) is 12.4. The third-order valence-corrected chi connectivity index (χ3v) is 5.02. The summed E-state index contributed by atoms with van der Waals surface area (Å²) in [5.74, 6) is -0.809. The third-order valence-electron chi connectivity index (χ3n) is 5.02. The number of carbonyl (C=O) groups excluding carboxylic acids is 1. The number of hydrogen-bond donors (Lipinski definition) is 3. The number of aromatic nitrogens is 3. The van der Waals surface area contributed by atoms with Gasteiger partial charge in [0.2, 0.25) is 5.60 Å². The van der Waals surface area contributed by atoms with Gasteiger partial charge in [-0.1, -0.05) is 35.5 Å². The fraction of sp³-hybridized carbons (Fsp3) is 0.500. The molecule has 2 aromatic rings. The number of benzene rings is 1. The molecule has 3 N–H and O–H groups in total. The summed E-state index contributed by atoms with van der Waals surface area (Å²) < 4.78 is 42.2. The second kappa shape index (κ2) is 7.88. The van der Waals surface area contributed by atoms with E-state index in [2.05, 4.69) is 20.9 Å². The minimum Gasteiger partial charge on any atom is -0.375 e. The van der Waals surface area contributed by atoms with Crippen LogP contribution in [0.15, 0.2) is 30.3 Å². The van der Waals surface area contributed by atoms with Gasteiger partial charge in [-0.05, 0) is 38.4 Å². The van der Waals surface area contributed by atoms with Gasteiger partial charge in [0.15, 0.2) is 5.69 Å². The van der Waals surface area contributed by atoms with E-state index in [9.17, 15) is 23.1 Å². The molecule has 1 saturated heterocycles. The van der Waals surface area contributed by atoms with Gasteiger partial charge in [-0.3, -0.25) is 4.79 Å². The first-order chi connectivity index (χ1) is 13.2. The van der Waals surface area contributed by atoms with Crippen molar-refractivity contribution in [1.82, 2.24) is 25.6 Å². The molecule has 1 amide bonds. The van der Waals surface area contributed by atoms with Crippen LogP contribution in [0.2, 0.25) is 0 Å². The number of aliphatic hydroxyl groups is 1. The molecule has 1 unspecified atom stereocenters. The molecule has 7 nitrogen and oxygen atoms in total. The summed E-state index contributed by atoms with van der Waals surface area (Å²) in [7, 11) is 0. The van der Waals surface area contributed by atoms with E-state index in [-0.39, 0.29) is 17.3 Å². The zero-order valence-electron chi connectivity index (χ0n) is 15.3. The van der Waals surface area contributed by atoms with Crippen LogP contribution < -0.4 is 10.6 Å². The lowest BCUT2D eigenvalue weighted by Crippen LogP contribution is -2.51. The van der Waals surface area contributed by atoms with Crippen LogP contribution >= 0.6 is 0 Å². The molecular formula is C18H22F3N5O2. The summed E-state index contributed by atoms with van der Waals surface area (Å²) in [5.41, 5.74) is -3.11. The van der Waals surface area contributed by atoms with Crippen LogP contribution in [0.5, 0.6) is 0 Å². The van der Waals surface area contributed by atoms with Gasteiger partial charge in [0.1, 0.15) is 0 Å². The Bertz CT molecular complexity index is 818. The fourth-order valence-electron chi connectivity index (χ4n) is 3.32. The second-order valence-corrected chi connectivity index (χ2v) is 6.86. The molecule has 1 atom stereocenters. The molecule has 2 heterocycles. The zero-order chi connectivity index (χ0) is 20.4. The first-order valence-corrected chi connectivity index (χ1v) is 8.99. The van der Waals surface area contributed by atoms with Crippen molar-refractivity contribution in [1.29, 1.82) is 0 Å². The predicted octanol–water partition coefficient (Wildman–Crippen LogP) is 1.69.